The number of nitrogens with one attached hydrogen (secondary N) is 2. The monoisotopic (exact) mass is 476 g/mol. The Kier molecular flexibility index (Phi) is 10.6. The minimum atomic E-state index is -1.23. The molecule has 0 heterocycles. The lowest BCUT2D eigenvalue weighted by molar-refractivity contribution is -0.142. The Morgan fingerprint density at radius 3 is 2.29 bits per heavy atom. The summed E-state index contributed by atoms with van der Waals surface area (Å²) in [5.74, 6) is -2.03. The molecule has 0 aliphatic rings. The maximum absolute atomic E-state index is 13.7. The maximum atomic E-state index is 13.7. The molecule has 10 nitrogen and oxygen atoms in total. The van der Waals surface area contributed by atoms with Gasteiger partial charge >= 0.3 is 6.09 Å². The number of hydrogen-bond acceptors (Lipinski definition) is 6. The largest absolute Gasteiger partial charge is 0.508 e. The standard InChI is InChI=1S/C24H36N4O6/c1-7-14-28(20(21(31)26-15(2)3)16-10-8-9-11-18(16)29)22(32)17(12-13-19(25)30)27-23(33)34-24(4,5)6/h7-11,15,17,20,29H,1,12-14H2,2-6H3,(H2,25,30)(H,26,31)(H,27,33). The Labute approximate surface area is 200 Å². The minimum absolute atomic E-state index is 0.0770. The van der Waals surface area contributed by atoms with Crippen LogP contribution in [-0.2, 0) is 19.1 Å². The van der Waals surface area contributed by atoms with Crippen LogP contribution in [0.3, 0.4) is 0 Å². The van der Waals surface area contributed by atoms with Crippen LogP contribution in [0.5, 0.6) is 5.75 Å². The van der Waals surface area contributed by atoms with Gasteiger partial charge in [0, 0.05) is 24.6 Å². The van der Waals surface area contributed by atoms with Crippen LogP contribution in [0.15, 0.2) is 36.9 Å². The fraction of sp³-hybridized carbons (Fsp3) is 0.500. The Morgan fingerprint density at radius 1 is 1.18 bits per heavy atom. The van der Waals surface area contributed by atoms with Crippen LogP contribution in [0.25, 0.3) is 0 Å². The third-order valence-corrected chi connectivity index (χ3v) is 4.50. The van der Waals surface area contributed by atoms with E-state index in [-0.39, 0.29) is 36.7 Å². The molecule has 0 fully saturated rings. The van der Waals surface area contributed by atoms with Gasteiger partial charge in [-0.25, -0.2) is 4.79 Å². The summed E-state index contributed by atoms with van der Waals surface area (Å²) in [6, 6.07) is 3.47. The molecule has 0 aliphatic carbocycles. The average Bonchev–Trinajstić information content (AvgIpc) is 2.69. The van der Waals surface area contributed by atoms with Crippen molar-refractivity contribution in [1.29, 1.82) is 0 Å². The summed E-state index contributed by atoms with van der Waals surface area (Å²) in [5, 5.41) is 15.7. The van der Waals surface area contributed by atoms with Gasteiger partial charge in [-0.05, 0) is 47.1 Å². The normalized spacial score (nSPS) is 12.9. The number of ether oxygens (including phenoxy) is 1. The SMILES string of the molecule is C=CCN(C(=O)C(CCC(N)=O)NC(=O)OC(C)(C)C)C(C(=O)NC(C)C)c1ccccc1O. The first-order valence-electron chi connectivity index (χ1n) is 11.0. The van der Waals surface area contributed by atoms with Crippen LogP contribution >= 0.6 is 0 Å². The number of carbonyl (C=O) groups is 4. The number of alkyl carbamates (subject to hydrolysis) is 1. The highest BCUT2D eigenvalue weighted by molar-refractivity contribution is 5.93. The molecule has 0 radical (unpaired) electrons. The third kappa shape index (κ3) is 9.13. The van der Waals surface area contributed by atoms with Crippen molar-refractivity contribution in [2.75, 3.05) is 6.54 Å². The molecule has 1 aromatic carbocycles. The fourth-order valence-corrected chi connectivity index (χ4v) is 3.19. The van der Waals surface area contributed by atoms with Gasteiger partial charge in [-0.1, -0.05) is 24.3 Å². The van der Waals surface area contributed by atoms with Crippen LogP contribution in [0, 0.1) is 0 Å². The second-order valence-corrected chi connectivity index (χ2v) is 9.11. The van der Waals surface area contributed by atoms with E-state index in [0.717, 1.165) is 0 Å². The molecule has 0 aromatic heterocycles. The third-order valence-electron chi connectivity index (χ3n) is 4.50. The molecule has 1 aromatic rings. The van der Waals surface area contributed by atoms with Crippen molar-refractivity contribution >= 4 is 23.8 Å². The molecular formula is C24H36N4O6. The van der Waals surface area contributed by atoms with E-state index in [4.69, 9.17) is 10.5 Å². The number of phenolic OH excluding ortho intramolecular Hbond substituents is 1. The summed E-state index contributed by atoms with van der Waals surface area (Å²) in [4.78, 5) is 51.8. The molecule has 2 unspecified atom stereocenters. The lowest BCUT2D eigenvalue weighted by Gasteiger charge is -2.34. The number of aromatic hydroxyl groups is 1. The first kappa shape index (κ1) is 28.5. The first-order valence-corrected chi connectivity index (χ1v) is 11.0. The number of phenols is 1. The molecule has 0 saturated carbocycles. The topological polar surface area (TPSA) is 151 Å². The lowest BCUT2D eigenvalue weighted by Crippen LogP contribution is -2.53. The molecule has 0 bridgehead atoms. The molecular weight excluding hydrogens is 440 g/mol. The molecule has 0 spiro atoms. The highest BCUT2D eigenvalue weighted by Gasteiger charge is 2.37. The summed E-state index contributed by atoms with van der Waals surface area (Å²) >= 11 is 0. The smallest absolute Gasteiger partial charge is 0.408 e. The second-order valence-electron chi connectivity index (χ2n) is 9.11. The van der Waals surface area contributed by atoms with Crippen LogP contribution in [-0.4, -0.2) is 58.1 Å². The second kappa shape index (κ2) is 12.6. The van der Waals surface area contributed by atoms with Crippen LogP contribution in [0.2, 0.25) is 0 Å². The molecule has 0 saturated heterocycles. The Bertz CT molecular complexity index is 894. The zero-order valence-electron chi connectivity index (χ0n) is 20.5. The summed E-state index contributed by atoms with van der Waals surface area (Å²) in [7, 11) is 0. The van der Waals surface area contributed by atoms with Crippen LogP contribution in [0.4, 0.5) is 4.79 Å². The number of carbonyl (C=O) groups excluding carboxylic acids is 4. The molecule has 34 heavy (non-hydrogen) atoms. The molecule has 1 rings (SSSR count). The molecule has 10 heteroatoms. The van der Waals surface area contributed by atoms with E-state index >= 15 is 0 Å². The van der Waals surface area contributed by atoms with Gasteiger partial charge in [0.2, 0.25) is 17.7 Å². The van der Waals surface area contributed by atoms with E-state index in [0.29, 0.717) is 0 Å². The van der Waals surface area contributed by atoms with Crippen LogP contribution < -0.4 is 16.4 Å². The van der Waals surface area contributed by atoms with Gasteiger partial charge in [0.15, 0.2) is 0 Å². The summed E-state index contributed by atoms with van der Waals surface area (Å²) in [5.41, 5.74) is 4.64. The van der Waals surface area contributed by atoms with Gasteiger partial charge in [-0.2, -0.15) is 0 Å². The van der Waals surface area contributed by atoms with Crippen molar-refractivity contribution in [3.05, 3.63) is 42.5 Å². The fourth-order valence-electron chi connectivity index (χ4n) is 3.19. The summed E-state index contributed by atoms with van der Waals surface area (Å²) in [6.07, 6.45) is 0.264. The van der Waals surface area contributed by atoms with E-state index in [1.54, 1.807) is 46.8 Å². The van der Waals surface area contributed by atoms with E-state index in [1.807, 2.05) is 0 Å². The van der Waals surface area contributed by atoms with E-state index < -0.39 is 41.5 Å². The van der Waals surface area contributed by atoms with Crippen molar-refractivity contribution in [2.24, 2.45) is 5.73 Å². The number of hydrogen-bond donors (Lipinski definition) is 4. The Morgan fingerprint density at radius 2 is 1.79 bits per heavy atom. The lowest BCUT2D eigenvalue weighted by atomic mass is 10.0. The number of rotatable bonds is 11. The zero-order chi connectivity index (χ0) is 26.1. The van der Waals surface area contributed by atoms with Crippen molar-refractivity contribution in [2.45, 2.75) is 71.2 Å². The Hall–Kier alpha value is -3.56. The van der Waals surface area contributed by atoms with Gasteiger partial charge < -0.3 is 31.1 Å². The number of nitrogens with zero attached hydrogens (tertiary/aromatic N) is 1. The summed E-state index contributed by atoms with van der Waals surface area (Å²) in [6.45, 7) is 12.1. The van der Waals surface area contributed by atoms with E-state index in [2.05, 4.69) is 17.2 Å². The number of nitrogens with two attached hydrogens (primary N) is 1. The van der Waals surface area contributed by atoms with Gasteiger partial charge in [-0.15, -0.1) is 6.58 Å². The number of primary amides is 1. The Balaban J connectivity index is 3.45. The van der Waals surface area contributed by atoms with E-state index in [9.17, 15) is 24.3 Å². The molecule has 5 N–H and O–H groups in total. The molecule has 0 aliphatic heterocycles. The first-order chi connectivity index (χ1) is 15.8. The highest BCUT2D eigenvalue weighted by atomic mass is 16.6. The van der Waals surface area contributed by atoms with Gasteiger partial charge in [0.05, 0.1) is 0 Å². The highest BCUT2D eigenvalue weighted by Crippen LogP contribution is 2.30. The number of benzene rings is 1. The molecule has 2 atom stereocenters. The predicted octanol–water partition coefficient (Wildman–Crippen LogP) is 2.13. The molecule has 4 amide bonds. The van der Waals surface area contributed by atoms with Crippen molar-refractivity contribution in [3.63, 3.8) is 0 Å². The number of amides is 4. The quantitative estimate of drug-likeness (QED) is 0.359. The van der Waals surface area contributed by atoms with Crippen LogP contribution in [0.1, 0.15) is 59.1 Å². The summed E-state index contributed by atoms with van der Waals surface area (Å²) < 4.78 is 5.25. The number of para-hydroxylation sites is 1. The van der Waals surface area contributed by atoms with Gasteiger partial charge in [0.25, 0.3) is 0 Å². The van der Waals surface area contributed by atoms with Gasteiger partial charge in [0.1, 0.15) is 23.4 Å². The van der Waals surface area contributed by atoms with Crippen molar-refractivity contribution in [1.82, 2.24) is 15.5 Å². The maximum Gasteiger partial charge on any atom is 0.408 e. The van der Waals surface area contributed by atoms with Crippen molar-refractivity contribution < 1.29 is 29.0 Å². The van der Waals surface area contributed by atoms with E-state index in [1.165, 1.54) is 23.1 Å². The molecule has 188 valence electrons. The van der Waals surface area contributed by atoms with Gasteiger partial charge in [-0.3, -0.25) is 14.4 Å². The predicted molar refractivity (Wildman–Crippen MR) is 128 cm³/mol. The minimum Gasteiger partial charge on any atom is -0.508 e. The van der Waals surface area contributed by atoms with Crippen molar-refractivity contribution in [3.8, 4) is 5.75 Å². The zero-order valence-corrected chi connectivity index (χ0v) is 20.5. The average molecular weight is 477 g/mol.